The summed E-state index contributed by atoms with van der Waals surface area (Å²) in [6, 6.07) is 10.1. The molecule has 6 rings (SSSR count). The number of nitrogens with zero attached hydrogens (tertiary/aromatic N) is 2. The number of nitrogens with one attached hydrogen (secondary N) is 1. The highest BCUT2D eigenvalue weighted by Crippen LogP contribution is 2.33. The summed E-state index contributed by atoms with van der Waals surface area (Å²) in [5.74, 6) is -1.94. The number of methoxy groups -OCH3 is 1. The summed E-state index contributed by atoms with van der Waals surface area (Å²) in [5, 5.41) is 14.8. The second-order valence-electron chi connectivity index (χ2n) is 13.1. The number of amides is 2. The topological polar surface area (TPSA) is 108 Å². The first-order valence-electron chi connectivity index (χ1n) is 16.3. The molecule has 0 bridgehead atoms. The third kappa shape index (κ3) is 7.49. The van der Waals surface area contributed by atoms with E-state index in [2.05, 4.69) is 17.1 Å². The van der Waals surface area contributed by atoms with E-state index in [-0.39, 0.29) is 64.7 Å². The maximum Gasteiger partial charge on any atom is 0.306 e. The van der Waals surface area contributed by atoms with Crippen molar-refractivity contribution in [3.8, 4) is 0 Å². The van der Waals surface area contributed by atoms with Crippen LogP contribution in [0.5, 0.6) is 0 Å². The summed E-state index contributed by atoms with van der Waals surface area (Å²) in [4.78, 5) is 42.4. The molecule has 252 valence electrons. The van der Waals surface area contributed by atoms with E-state index in [9.17, 15) is 19.5 Å². The van der Waals surface area contributed by atoms with E-state index in [1.807, 2.05) is 29.2 Å². The van der Waals surface area contributed by atoms with Gasteiger partial charge in [-0.25, -0.2) is 4.39 Å². The largest absolute Gasteiger partial charge is 0.481 e. The van der Waals surface area contributed by atoms with Gasteiger partial charge >= 0.3 is 5.97 Å². The predicted molar refractivity (Wildman–Crippen MR) is 180 cm³/mol. The highest BCUT2D eigenvalue weighted by atomic mass is 35.5. The molecule has 9 nitrogen and oxygen atoms in total. The Morgan fingerprint density at radius 2 is 1.87 bits per heavy atom. The number of likely N-dealkylation sites (tertiary alicyclic amines) is 2. The Morgan fingerprint density at radius 1 is 1.11 bits per heavy atom. The number of rotatable bonds is 10. The zero-order valence-corrected chi connectivity index (χ0v) is 28.2. The van der Waals surface area contributed by atoms with Crippen LogP contribution in [0.25, 0.3) is 10.1 Å². The molecule has 0 spiro atoms. The summed E-state index contributed by atoms with van der Waals surface area (Å²) in [7, 11) is 1.73. The fourth-order valence-corrected chi connectivity index (χ4v) is 8.52. The highest BCUT2D eigenvalue weighted by Gasteiger charge is 2.42. The van der Waals surface area contributed by atoms with E-state index in [1.165, 1.54) is 23.5 Å². The Morgan fingerprint density at radius 3 is 2.60 bits per heavy atom. The van der Waals surface area contributed by atoms with Crippen molar-refractivity contribution in [1.29, 1.82) is 0 Å². The third-order valence-electron chi connectivity index (χ3n) is 10.1. The lowest BCUT2D eigenvalue weighted by atomic mass is 9.87. The number of ether oxygens (including phenoxy) is 2. The zero-order valence-electron chi connectivity index (χ0n) is 26.6. The molecule has 12 heteroatoms. The van der Waals surface area contributed by atoms with Gasteiger partial charge < -0.3 is 24.8 Å². The van der Waals surface area contributed by atoms with Crippen molar-refractivity contribution in [2.24, 2.45) is 11.8 Å². The lowest BCUT2D eigenvalue weighted by Gasteiger charge is -2.30. The average Bonchev–Trinajstić information content (AvgIpc) is 3.79. The van der Waals surface area contributed by atoms with Gasteiger partial charge in [0.05, 0.1) is 53.5 Å². The lowest BCUT2D eigenvalue weighted by Crippen LogP contribution is -2.41. The van der Waals surface area contributed by atoms with E-state index < -0.39 is 11.8 Å². The maximum atomic E-state index is 15.5. The van der Waals surface area contributed by atoms with E-state index in [0.29, 0.717) is 50.3 Å². The van der Waals surface area contributed by atoms with Crippen molar-refractivity contribution in [1.82, 2.24) is 9.80 Å². The smallest absolute Gasteiger partial charge is 0.306 e. The Hall–Kier alpha value is -3.09. The Labute approximate surface area is 283 Å². The van der Waals surface area contributed by atoms with E-state index in [0.717, 1.165) is 29.6 Å². The number of anilines is 1. The van der Waals surface area contributed by atoms with Crippen molar-refractivity contribution in [2.75, 3.05) is 38.7 Å². The average molecular weight is 686 g/mol. The predicted octanol–water partition coefficient (Wildman–Crippen LogP) is 6.08. The van der Waals surface area contributed by atoms with Crippen LogP contribution in [0.2, 0.25) is 5.02 Å². The van der Waals surface area contributed by atoms with Crippen LogP contribution >= 0.6 is 22.9 Å². The SMILES string of the molecule is CO[C@H]1CN([C@H]2C[C@@H](CO[C@H]3CC[C@H](C(=O)O)CC3)N(C(=O)Cc3cc(Cl)c(NC(=O)c4csc5ccccc45)cc3F)C2)C[C@@H]1C. The molecule has 0 unspecified atom stereocenters. The number of aliphatic carboxylic acids is 1. The fourth-order valence-electron chi connectivity index (χ4n) is 7.35. The third-order valence-corrected chi connectivity index (χ3v) is 11.4. The van der Waals surface area contributed by atoms with Crippen LogP contribution < -0.4 is 5.32 Å². The minimum atomic E-state index is -0.758. The second kappa shape index (κ2) is 14.6. The van der Waals surface area contributed by atoms with Crippen LogP contribution in [0, 0.1) is 17.7 Å². The van der Waals surface area contributed by atoms with Gasteiger partial charge in [-0.05, 0) is 61.8 Å². The van der Waals surface area contributed by atoms with Crippen molar-refractivity contribution in [3.63, 3.8) is 0 Å². The number of fused-ring (bicyclic) bond motifs is 1. The molecule has 2 aromatic carbocycles. The Bertz CT molecular complexity index is 1630. The summed E-state index contributed by atoms with van der Waals surface area (Å²) in [5.41, 5.74) is 0.780. The number of carbonyl (C=O) groups excluding carboxylic acids is 2. The molecule has 2 N–H and O–H groups in total. The summed E-state index contributed by atoms with van der Waals surface area (Å²) in [6.07, 6.45) is 3.15. The highest BCUT2D eigenvalue weighted by molar-refractivity contribution is 7.17. The molecule has 3 aromatic rings. The number of halogens is 2. The molecular weight excluding hydrogens is 645 g/mol. The van der Waals surface area contributed by atoms with Crippen LogP contribution in [0.4, 0.5) is 10.1 Å². The number of hydrogen-bond donors (Lipinski definition) is 2. The van der Waals surface area contributed by atoms with Crippen LogP contribution in [-0.4, -0.2) is 90.3 Å². The molecule has 2 amide bonds. The lowest BCUT2D eigenvalue weighted by molar-refractivity contribution is -0.144. The van der Waals surface area contributed by atoms with Crippen molar-refractivity contribution >= 4 is 56.5 Å². The first-order valence-corrected chi connectivity index (χ1v) is 17.5. The first kappa shape index (κ1) is 33.8. The van der Waals surface area contributed by atoms with E-state index in [4.69, 9.17) is 21.1 Å². The van der Waals surface area contributed by atoms with Gasteiger partial charge in [0.25, 0.3) is 5.91 Å². The Kier molecular flexibility index (Phi) is 10.5. The second-order valence-corrected chi connectivity index (χ2v) is 14.5. The molecule has 47 heavy (non-hydrogen) atoms. The maximum absolute atomic E-state index is 15.5. The molecule has 2 saturated heterocycles. The standard InChI is InChI=1S/C35H41ClFN3O6S/c1-20-15-39(17-31(20)45-2)23-13-24(18-46-25-9-7-21(8-10-25)35(43)44)40(16-23)33(41)12-22-11-28(36)30(14-29(22)37)38-34(42)27-19-47-32-6-4-3-5-26(27)32/h3-6,11,14,19-21,23-25,31H,7-10,12-13,15-18H2,1-2H3,(H,38,42)(H,43,44)/t20-,21-,23-,24-,25-,31-/m0/s1. The van der Waals surface area contributed by atoms with Gasteiger partial charge in [0.15, 0.2) is 0 Å². The normalized spacial score (nSPS) is 26.6. The number of thiophene rings is 1. The molecular formula is C35H41ClFN3O6S. The van der Waals surface area contributed by atoms with Crippen LogP contribution in [0.15, 0.2) is 41.8 Å². The minimum absolute atomic E-state index is 0.0441. The van der Waals surface area contributed by atoms with E-state index >= 15 is 4.39 Å². The molecule has 1 aromatic heterocycles. The van der Waals surface area contributed by atoms with Crippen LogP contribution in [0.1, 0.15) is 54.9 Å². The molecule has 2 aliphatic heterocycles. The number of carboxylic acid groups (broad SMARTS) is 1. The number of carboxylic acids is 1. The monoisotopic (exact) mass is 685 g/mol. The van der Waals surface area contributed by atoms with Crippen LogP contribution in [-0.2, 0) is 25.5 Å². The van der Waals surface area contributed by atoms with E-state index in [1.54, 1.807) is 12.5 Å². The molecule has 0 radical (unpaired) electrons. The van der Waals surface area contributed by atoms with Crippen molar-refractivity contribution < 1.29 is 33.4 Å². The summed E-state index contributed by atoms with van der Waals surface area (Å²) in [6.45, 7) is 4.67. The van der Waals surface area contributed by atoms with Gasteiger partial charge in [-0.3, -0.25) is 19.3 Å². The first-order chi connectivity index (χ1) is 22.6. The van der Waals surface area contributed by atoms with Gasteiger partial charge in [0.1, 0.15) is 5.82 Å². The van der Waals surface area contributed by atoms with Gasteiger partial charge in [-0.2, -0.15) is 0 Å². The molecule has 4 atom stereocenters. The van der Waals surface area contributed by atoms with Crippen LogP contribution in [0.3, 0.4) is 0 Å². The van der Waals surface area contributed by atoms with Crippen molar-refractivity contribution in [2.45, 2.75) is 69.7 Å². The number of benzene rings is 2. The molecule has 1 saturated carbocycles. The Balaban J connectivity index is 1.13. The van der Waals surface area contributed by atoms with Gasteiger partial charge in [-0.1, -0.05) is 36.7 Å². The summed E-state index contributed by atoms with van der Waals surface area (Å²) >= 11 is 7.99. The van der Waals surface area contributed by atoms with Gasteiger partial charge in [-0.15, -0.1) is 11.3 Å². The quantitative estimate of drug-likeness (QED) is 0.266. The van der Waals surface area contributed by atoms with Gasteiger partial charge in [0, 0.05) is 48.3 Å². The minimum Gasteiger partial charge on any atom is -0.481 e. The molecule has 3 fully saturated rings. The van der Waals surface area contributed by atoms with Crippen molar-refractivity contribution in [3.05, 3.63) is 63.7 Å². The number of carbonyl (C=O) groups is 3. The van der Waals surface area contributed by atoms with Gasteiger partial charge in [0.2, 0.25) is 5.91 Å². The number of hydrogen-bond acceptors (Lipinski definition) is 7. The molecule has 3 aliphatic rings. The summed E-state index contributed by atoms with van der Waals surface area (Å²) < 4.78 is 28.4. The fraction of sp³-hybridized carbons (Fsp3) is 0.514. The molecule has 3 heterocycles. The molecule has 1 aliphatic carbocycles. The zero-order chi connectivity index (χ0) is 33.2.